The minimum Gasteiger partial charge on any atom is -0.487 e. The fraction of sp³-hybridized carbons (Fsp3) is 0.308. The van der Waals surface area contributed by atoms with Crippen LogP contribution in [0.15, 0.2) is 59.8 Å². The first-order chi connectivity index (χ1) is 17.4. The van der Waals surface area contributed by atoms with E-state index in [0.29, 0.717) is 12.1 Å². The second kappa shape index (κ2) is 9.71. The lowest BCUT2D eigenvalue weighted by Crippen LogP contribution is -2.44. The van der Waals surface area contributed by atoms with Gasteiger partial charge in [-0.25, -0.2) is 15.2 Å². The number of rotatable bonds is 5. The summed E-state index contributed by atoms with van der Waals surface area (Å²) in [5.41, 5.74) is 7.70. The third kappa shape index (κ3) is 4.33. The summed E-state index contributed by atoms with van der Waals surface area (Å²) < 4.78 is 36.2. The molecule has 2 saturated heterocycles. The highest BCUT2D eigenvalue weighted by molar-refractivity contribution is 6.12. The summed E-state index contributed by atoms with van der Waals surface area (Å²) in [5.74, 6) is 9.40. The predicted octanol–water partition coefficient (Wildman–Crippen LogP) is 3.61. The number of nitrogen functional groups attached to an aromatic ring is 1. The van der Waals surface area contributed by atoms with Gasteiger partial charge in [0.1, 0.15) is 11.9 Å². The van der Waals surface area contributed by atoms with Gasteiger partial charge in [0.2, 0.25) is 5.82 Å². The minimum absolute atomic E-state index is 0.0726. The third-order valence-corrected chi connectivity index (χ3v) is 7.25. The van der Waals surface area contributed by atoms with E-state index in [1.54, 1.807) is 12.3 Å². The van der Waals surface area contributed by atoms with Crippen molar-refractivity contribution in [2.24, 2.45) is 16.8 Å². The van der Waals surface area contributed by atoms with E-state index in [1.165, 1.54) is 12.1 Å². The van der Waals surface area contributed by atoms with Crippen LogP contribution in [0.1, 0.15) is 31.2 Å². The lowest BCUT2D eigenvalue weighted by Gasteiger charge is -2.36. The molecule has 3 aromatic rings. The molecular weight excluding hydrogens is 464 g/mol. The quantitative estimate of drug-likeness (QED) is 0.215. The molecule has 8 nitrogen and oxygen atoms in total. The first kappa shape index (κ1) is 24.0. The van der Waals surface area contributed by atoms with Gasteiger partial charge in [0, 0.05) is 23.8 Å². The fourth-order valence-corrected chi connectivity index (χ4v) is 5.25. The monoisotopic (exact) mass is 493 g/mol. The van der Waals surface area contributed by atoms with Gasteiger partial charge in [0.25, 0.3) is 0 Å². The van der Waals surface area contributed by atoms with E-state index in [4.69, 9.17) is 22.2 Å². The zero-order valence-corrected chi connectivity index (χ0v) is 19.9. The minimum atomic E-state index is -1.17. The van der Waals surface area contributed by atoms with Gasteiger partial charge in [-0.15, -0.1) is 0 Å². The Morgan fingerprint density at radius 1 is 1.06 bits per heavy atom. The van der Waals surface area contributed by atoms with E-state index in [0.717, 1.165) is 41.8 Å². The highest BCUT2D eigenvalue weighted by Gasteiger charge is 2.39. The van der Waals surface area contributed by atoms with E-state index >= 15 is 8.78 Å². The van der Waals surface area contributed by atoms with Gasteiger partial charge in [0.05, 0.1) is 11.3 Å². The number of benzene rings is 2. The second-order valence-corrected chi connectivity index (χ2v) is 9.32. The number of hydrazine groups is 1. The molecule has 2 aromatic carbocycles. The highest BCUT2D eigenvalue weighted by Crippen LogP contribution is 2.37. The Balaban J connectivity index is 1.40. The number of aromatic nitrogens is 1. The van der Waals surface area contributed by atoms with Crippen molar-refractivity contribution >= 4 is 17.3 Å². The molecule has 5 rings (SSSR count). The van der Waals surface area contributed by atoms with Gasteiger partial charge in [-0.3, -0.25) is 5.01 Å². The molecule has 188 valence electrons. The van der Waals surface area contributed by atoms with Gasteiger partial charge < -0.3 is 21.2 Å². The van der Waals surface area contributed by atoms with Crippen molar-refractivity contribution in [3.05, 3.63) is 71.9 Å². The van der Waals surface area contributed by atoms with Crippen LogP contribution < -0.4 is 27.2 Å². The summed E-state index contributed by atoms with van der Waals surface area (Å²) >= 11 is 0. The van der Waals surface area contributed by atoms with Crippen LogP contribution in [-0.2, 0) is 0 Å². The molecule has 0 amide bonds. The average Bonchev–Trinajstić information content (AvgIpc) is 3.09. The van der Waals surface area contributed by atoms with Gasteiger partial charge >= 0.3 is 0 Å². The molecule has 2 aliphatic heterocycles. The number of pyridine rings is 1. The van der Waals surface area contributed by atoms with Crippen molar-refractivity contribution in [2.45, 2.75) is 43.9 Å². The van der Waals surface area contributed by atoms with Gasteiger partial charge in [0.15, 0.2) is 17.4 Å². The molecule has 2 unspecified atom stereocenters. The molecule has 2 aliphatic rings. The van der Waals surface area contributed by atoms with Crippen molar-refractivity contribution in [2.75, 3.05) is 17.8 Å². The van der Waals surface area contributed by atoms with Crippen molar-refractivity contribution in [3.63, 3.8) is 0 Å². The molecule has 0 radical (unpaired) electrons. The topological polar surface area (TPSA) is 119 Å². The van der Waals surface area contributed by atoms with E-state index in [1.807, 2.05) is 30.3 Å². The zero-order chi connectivity index (χ0) is 25.4. The number of fused-ring (bicyclic) bond motifs is 2. The van der Waals surface area contributed by atoms with Crippen molar-refractivity contribution in [1.82, 2.24) is 9.88 Å². The number of amidine groups is 1. The average molecular weight is 494 g/mol. The Morgan fingerprint density at radius 2 is 1.75 bits per heavy atom. The number of hydrogen-bond donors (Lipinski definition) is 3. The summed E-state index contributed by atoms with van der Waals surface area (Å²) in [5, 5.41) is 4.58. The van der Waals surface area contributed by atoms with E-state index in [-0.39, 0.29) is 34.8 Å². The molecule has 0 aliphatic carbocycles. The van der Waals surface area contributed by atoms with Crippen LogP contribution in [0.3, 0.4) is 0 Å². The van der Waals surface area contributed by atoms with Gasteiger partial charge in [-0.1, -0.05) is 30.3 Å². The Morgan fingerprint density at radius 3 is 2.42 bits per heavy atom. The molecule has 2 fully saturated rings. The molecule has 36 heavy (non-hydrogen) atoms. The maximum atomic E-state index is 15.2. The van der Waals surface area contributed by atoms with E-state index in [2.05, 4.69) is 22.0 Å². The number of halogens is 2. The normalized spacial score (nSPS) is 22.0. The summed E-state index contributed by atoms with van der Waals surface area (Å²) in [4.78, 5) is 6.56. The van der Waals surface area contributed by atoms with Crippen molar-refractivity contribution in [1.29, 1.82) is 0 Å². The molecular formula is C26H29F2N7O. The molecule has 3 heterocycles. The fourth-order valence-electron chi connectivity index (χ4n) is 5.25. The number of piperidine rings is 1. The molecule has 2 atom stereocenters. The first-order valence-corrected chi connectivity index (χ1v) is 11.9. The molecule has 0 spiro atoms. The molecule has 10 heteroatoms. The Hall–Kier alpha value is -3.76. The zero-order valence-electron chi connectivity index (χ0n) is 19.9. The van der Waals surface area contributed by atoms with Gasteiger partial charge in [-0.2, -0.15) is 9.49 Å². The Kier molecular flexibility index (Phi) is 6.46. The van der Waals surface area contributed by atoms with Crippen LogP contribution in [0.4, 0.5) is 20.3 Å². The second-order valence-electron chi connectivity index (χ2n) is 9.32. The maximum absolute atomic E-state index is 15.2. The molecule has 6 N–H and O–H groups in total. The van der Waals surface area contributed by atoms with Crippen molar-refractivity contribution < 1.29 is 13.5 Å². The SMILES string of the molecule is CN1C2CCC1CC(Oc1ccc(N(N)/C(=N\N)c3cc(-c4ccccc4)cnc3N)c(F)c1F)C2. The summed E-state index contributed by atoms with van der Waals surface area (Å²) in [7, 11) is 2.11. The lowest BCUT2D eigenvalue weighted by atomic mass is 10.0. The van der Waals surface area contributed by atoms with Gasteiger partial charge in [-0.05, 0) is 56.5 Å². The highest BCUT2D eigenvalue weighted by atomic mass is 19.2. The Bertz CT molecular complexity index is 1270. The van der Waals surface area contributed by atoms with Crippen LogP contribution >= 0.6 is 0 Å². The van der Waals surface area contributed by atoms with Crippen LogP contribution in [-0.4, -0.2) is 41.0 Å². The predicted molar refractivity (Wildman–Crippen MR) is 136 cm³/mol. The molecule has 0 saturated carbocycles. The largest absolute Gasteiger partial charge is 0.487 e. The van der Waals surface area contributed by atoms with Crippen LogP contribution in [0, 0.1) is 11.6 Å². The maximum Gasteiger partial charge on any atom is 0.202 e. The number of nitrogens with zero attached hydrogens (tertiary/aromatic N) is 4. The summed E-state index contributed by atoms with van der Waals surface area (Å²) in [6.45, 7) is 0. The molecule has 2 bridgehead atoms. The smallest absolute Gasteiger partial charge is 0.202 e. The number of ether oxygens (including phenoxy) is 1. The van der Waals surface area contributed by atoms with E-state index < -0.39 is 11.6 Å². The van der Waals surface area contributed by atoms with Crippen LogP contribution in [0.5, 0.6) is 5.75 Å². The number of hydrogen-bond acceptors (Lipinski definition) is 7. The standard InChI is InChI=1S/C26H29F2N7O/c1-34-17-7-8-18(34)13-19(12-17)36-22-10-9-21(23(27)24(22)28)35(31)26(33-30)20-11-16(14-32-25(20)29)15-5-3-2-4-6-15/h2-6,9-11,14,17-19H,7-8,12-13,30-31H2,1H3,(H2,29,32)/b33-26-. The summed E-state index contributed by atoms with van der Waals surface area (Å²) in [6.07, 6.45) is 5.21. The van der Waals surface area contributed by atoms with Crippen LogP contribution in [0.2, 0.25) is 0 Å². The van der Waals surface area contributed by atoms with Crippen LogP contribution in [0.25, 0.3) is 11.1 Å². The lowest BCUT2D eigenvalue weighted by molar-refractivity contribution is 0.0631. The number of hydrazone groups is 1. The summed E-state index contributed by atoms with van der Waals surface area (Å²) in [6, 6.07) is 14.7. The molecule has 1 aromatic heterocycles. The van der Waals surface area contributed by atoms with E-state index in [9.17, 15) is 0 Å². The first-order valence-electron chi connectivity index (χ1n) is 11.9. The third-order valence-electron chi connectivity index (χ3n) is 7.25. The number of anilines is 2. The van der Waals surface area contributed by atoms with Crippen molar-refractivity contribution in [3.8, 4) is 16.9 Å². The number of nitrogens with two attached hydrogens (primary N) is 3. The Labute approximate surface area is 208 Å².